The van der Waals surface area contributed by atoms with E-state index >= 15 is 0 Å². The van der Waals surface area contributed by atoms with Gasteiger partial charge in [0.1, 0.15) is 0 Å². The molecular formula is C21H31N3O4. The number of amides is 1. The number of morpholine rings is 1. The third kappa shape index (κ3) is 5.23. The molecule has 0 atom stereocenters. The van der Waals surface area contributed by atoms with E-state index in [1.54, 1.807) is 0 Å². The van der Waals surface area contributed by atoms with Crippen molar-refractivity contribution in [1.29, 1.82) is 0 Å². The standard InChI is InChI=1S/C21H31N3O4/c25-20(7-10-23-8-5-17(6-9-23)21-27-15-16-28-21)22-18-1-3-19(4-2-18)24-11-13-26-14-12-24/h1-4,17,21H,5-16H2,(H,22,25). The Balaban J connectivity index is 1.16. The molecule has 0 spiro atoms. The van der Waals surface area contributed by atoms with Crippen molar-refractivity contribution in [2.45, 2.75) is 25.6 Å². The fraction of sp³-hybridized carbons (Fsp3) is 0.667. The number of nitrogens with zero attached hydrogens (tertiary/aromatic N) is 2. The Labute approximate surface area is 166 Å². The molecule has 0 saturated carbocycles. The van der Waals surface area contributed by atoms with Crippen molar-refractivity contribution in [2.24, 2.45) is 5.92 Å². The van der Waals surface area contributed by atoms with Gasteiger partial charge in [-0.3, -0.25) is 4.79 Å². The number of anilines is 2. The first kappa shape index (κ1) is 19.6. The number of carbonyl (C=O) groups is 1. The largest absolute Gasteiger partial charge is 0.378 e. The van der Waals surface area contributed by atoms with Crippen molar-refractivity contribution >= 4 is 17.3 Å². The molecule has 0 unspecified atom stereocenters. The Hall–Kier alpha value is -1.67. The lowest BCUT2D eigenvalue weighted by molar-refractivity contribution is -0.117. The zero-order valence-electron chi connectivity index (χ0n) is 16.5. The summed E-state index contributed by atoms with van der Waals surface area (Å²) in [6.07, 6.45) is 2.67. The number of ether oxygens (including phenoxy) is 3. The highest BCUT2D eigenvalue weighted by Gasteiger charge is 2.30. The Morgan fingerprint density at radius 1 is 0.964 bits per heavy atom. The summed E-state index contributed by atoms with van der Waals surface area (Å²) in [6.45, 7) is 7.65. The second-order valence-corrected chi connectivity index (χ2v) is 7.73. The molecule has 3 fully saturated rings. The number of piperidine rings is 1. The number of hydrogen-bond donors (Lipinski definition) is 1. The summed E-state index contributed by atoms with van der Waals surface area (Å²) in [5, 5.41) is 3.02. The number of hydrogen-bond acceptors (Lipinski definition) is 6. The van der Waals surface area contributed by atoms with Gasteiger partial charge in [0.2, 0.25) is 5.91 Å². The Bertz CT molecular complexity index is 619. The molecule has 0 aliphatic carbocycles. The topological polar surface area (TPSA) is 63.3 Å². The second-order valence-electron chi connectivity index (χ2n) is 7.73. The molecule has 3 saturated heterocycles. The van der Waals surface area contributed by atoms with E-state index in [0.717, 1.165) is 77.7 Å². The molecule has 3 aliphatic heterocycles. The van der Waals surface area contributed by atoms with E-state index in [1.807, 2.05) is 12.1 Å². The van der Waals surface area contributed by atoms with Crippen molar-refractivity contribution in [2.75, 3.05) is 69.4 Å². The van der Waals surface area contributed by atoms with Crippen LogP contribution in [0.2, 0.25) is 0 Å². The third-order valence-corrected chi connectivity index (χ3v) is 5.85. The van der Waals surface area contributed by atoms with E-state index in [2.05, 4.69) is 27.2 Å². The molecule has 0 bridgehead atoms. The van der Waals surface area contributed by atoms with Crippen molar-refractivity contribution < 1.29 is 19.0 Å². The van der Waals surface area contributed by atoms with E-state index in [9.17, 15) is 4.79 Å². The molecular weight excluding hydrogens is 358 g/mol. The monoisotopic (exact) mass is 389 g/mol. The maximum atomic E-state index is 12.3. The van der Waals surface area contributed by atoms with Crippen LogP contribution in [0.25, 0.3) is 0 Å². The van der Waals surface area contributed by atoms with Gasteiger partial charge in [0.15, 0.2) is 6.29 Å². The molecule has 7 nitrogen and oxygen atoms in total. The highest BCUT2D eigenvalue weighted by Crippen LogP contribution is 2.26. The normalized spacial score (nSPS) is 22.5. The molecule has 3 aliphatic rings. The number of benzene rings is 1. The van der Waals surface area contributed by atoms with Crippen molar-refractivity contribution in [1.82, 2.24) is 4.90 Å². The van der Waals surface area contributed by atoms with Gasteiger partial charge >= 0.3 is 0 Å². The van der Waals surface area contributed by atoms with Crippen LogP contribution in [0.3, 0.4) is 0 Å². The van der Waals surface area contributed by atoms with Gasteiger partial charge in [-0.25, -0.2) is 0 Å². The summed E-state index contributed by atoms with van der Waals surface area (Å²) >= 11 is 0. The van der Waals surface area contributed by atoms with Gasteiger partial charge in [0, 0.05) is 43.3 Å². The van der Waals surface area contributed by atoms with Gasteiger partial charge < -0.3 is 29.3 Å². The molecule has 0 radical (unpaired) electrons. The maximum Gasteiger partial charge on any atom is 0.225 e. The molecule has 0 aromatic heterocycles. The predicted octanol–water partition coefficient (Wildman–Crippen LogP) is 1.94. The van der Waals surface area contributed by atoms with Crippen LogP contribution in [0.1, 0.15) is 19.3 Å². The van der Waals surface area contributed by atoms with E-state index in [-0.39, 0.29) is 12.2 Å². The third-order valence-electron chi connectivity index (χ3n) is 5.85. The Morgan fingerprint density at radius 3 is 2.32 bits per heavy atom. The van der Waals surface area contributed by atoms with Crippen LogP contribution < -0.4 is 10.2 Å². The lowest BCUT2D eigenvalue weighted by Crippen LogP contribution is -2.39. The molecule has 1 N–H and O–H groups in total. The minimum Gasteiger partial charge on any atom is -0.378 e. The number of nitrogens with one attached hydrogen (secondary N) is 1. The predicted molar refractivity (Wildman–Crippen MR) is 108 cm³/mol. The first-order valence-electron chi connectivity index (χ1n) is 10.5. The fourth-order valence-corrected chi connectivity index (χ4v) is 4.16. The summed E-state index contributed by atoms with van der Waals surface area (Å²) in [6, 6.07) is 8.10. The lowest BCUT2D eigenvalue weighted by Gasteiger charge is -2.33. The Morgan fingerprint density at radius 2 is 1.64 bits per heavy atom. The highest BCUT2D eigenvalue weighted by atomic mass is 16.7. The number of rotatable bonds is 6. The van der Waals surface area contributed by atoms with E-state index in [0.29, 0.717) is 12.3 Å². The number of carbonyl (C=O) groups excluding carboxylic acids is 1. The summed E-state index contributed by atoms with van der Waals surface area (Å²) < 4.78 is 16.6. The van der Waals surface area contributed by atoms with Crippen LogP contribution in [0.4, 0.5) is 11.4 Å². The van der Waals surface area contributed by atoms with Gasteiger partial charge in [-0.2, -0.15) is 0 Å². The molecule has 1 aromatic carbocycles. The number of likely N-dealkylation sites (tertiary alicyclic amines) is 1. The Kier molecular flexibility index (Phi) is 6.80. The van der Waals surface area contributed by atoms with Crippen molar-refractivity contribution in [3.63, 3.8) is 0 Å². The fourth-order valence-electron chi connectivity index (χ4n) is 4.16. The van der Waals surface area contributed by atoms with E-state index in [1.165, 1.54) is 5.69 Å². The quantitative estimate of drug-likeness (QED) is 0.802. The van der Waals surface area contributed by atoms with Gasteiger partial charge in [-0.05, 0) is 50.2 Å². The van der Waals surface area contributed by atoms with Crippen LogP contribution in [0.15, 0.2) is 24.3 Å². The minimum atomic E-state index is -0.00844. The summed E-state index contributed by atoms with van der Waals surface area (Å²) in [5.41, 5.74) is 2.04. The van der Waals surface area contributed by atoms with Crippen molar-refractivity contribution in [3.8, 4) is 0 Å². The maximum absolute atomic E-state index is 12.3. The molecule has 4 rings (SSSR count). The van der Waals surface area contributed by atoms with Crippen LogP contribution in [0.5, 0.6) is 0 Å². The van der Waals surface area contributed by atoms with Crippen molar-refractivity contribution in [3.05, 3.63) is 24.3 Å². The molecule has 154 valence electrons. The molecule has 28 heavy (non-hydrogen) atoms. The van der Waals surface area contributed by atoms with E-state index < -0.39 is 0 Å². The van der Waals surface area contributed by atoms with Gasteiger partial charge in [0.25, 0.3) is 0 Å². The van der Waals surface area contributed by atoms with Gasteiger partial charge in [0.05, 0.1) is 26.4 Å². The minimum absolute atomic E-state index is 0.00844. The molecule has 1 amide bonds. The van der Waals surface area contributed by atoms with Crippen LogP contribution in [0, 0.1) is 5.92 Å². The smallest absolute Gasteiger partial charge is 0.225 e. The van der Waals surface area contributed by atoms with Crippen LogP contribution in [-0.2, 0) is 19.0 Å². The first-order valence-corrected chi connectivity index (χ1v) is 10.5. The second kappa shape index (κ2) is 9.69. The lowest BCUT2D eigenvalue weighted by atomic mass is 9.96. The summed E-state index contributed by atoms with van der Waals surface area (Å²) in [4.78, 5) is 17.0. The zero-order chi connectivity index (χ0) is 19.2. The van der Waals surface area contributed by atoms with Crippen LogP contribution in [-0.4, -0.2) is 76.2 Å². The summed E-state index contributed by atoms with van der Waals surface area (Å²) in [7, 11) is 0. The average Bonchev–Trinajstić information content (AvgIpc) is 3.29. The zero-order valence-corrected chi connectivity index (χ0v) is 16.5. The highest BCUT2D eigenvalue weighted by molar-refractivity contribution is 5.91. The SMILES string of the molecule is O=C(CCN1CCC(C2OCCO2)CC1)Nc1ccc(N2CCOCC2)cc1. The van der Waals surface area contributed by atoms with Gasteiger partial charge in [-0.1, -0.05) is 0 Å². The van der Waals surface area contributed by atoms with Crippen LogP contribution >= 0.6 is 0 Å². The first-order chi connectivity index (χ1) is 13.8. The van der Waals surface area contributed by atoms with Gasteiger partial charge in [-0.15, -0.1) is 0 Å². The molecule has 1 aromatic rings. The average molecular weight is 389 g/mol. The summed E-state index contributed by atoms with van der Waals surface area (Å²) in [5.74, 6) is 0.571. The van der Waals surface area contributed by atoms with E-state index in [4.69, 9.17) is 14.2 Å². The molecule has 7 heteroatoms. The molecule has 3 heterocycles.